The summed E-state index contributed by atoms with van der Waals surface area (Å²) in [6.45, 7) is 5.19. The third-order valence-corrected chi connectivity index (χ3v) is 6.60. The highest BCUT2D eigenvalue weighted by Gasteiger charge is 2.49. The summed E-state index contributed by atoms with van der Waals surface area (Å²) in [5.41, 5.74) is 1.07. The third kappa shape index (κ3) is 3.98. The van der Waals surface area contributed by atoms with E-state index in [9.17, 15) is 14.4 Å². The van der Waals surface area contributed by atoms with Crippen molar-refractivity contribution in [1.29, 1.82) is 0 Å². The highest BCUT2D eigenvalue weighted by atomic mass is 35.5. The summed E-state index contributed by atoms with van der Waals surface area (Å²) >= 11 is 6.08. The van der Waals surface area contributed by atoms with Gasteiger partial charge in [0.25, 0.3) is 0 Å². The van der Waals surface area contributed by atoms with E-state index in [4.69, 9.17) is 11.6 Å². The predicted octanol–water partition coefficient (Wildman–Crippen LogP) is 2.79. The Balaban J connectivity index is 1.38. The molecule has 0 N–H and O–H groups in total. The molecule has 0 bridgehead atoms. The molecule has 1 aromatic rings. The summed E-state index contributed by atoms with van der Waals surface area (Å²) in [6, 6.07) is 7.14. The Morgan fingerprint density at radius 3 is 2.41 bits per heavy atom. The van der Waals surface area contributed by atoms with Crippen LogP contribution in [-0.4, -0.2) is 71.4 Å². The monoisotopic (exact) mass is 418 g/mol. The van der Waals surface area contributed by atoms with Gasteiger partial charge in [-0.1, -0.05) is 37.4 Å². The first-order valence-electron chi connectivity index (χ1n) is 10.4. The highest BCUT2D eigenvalue weighted by molar-refractivity contribution is 6.44. The minimum atomic E-state index is -0.690. The van der Waals surface area contributed by atoms with Crippen molar-refractivity contribution in [3.63, 3.8) is 0 Å². The molecule has 0 aromatic heterocycles. The van der Waals surface area contributed by atoms with Crippen molar-refractivity contribution in [2.24, 2.45) is 5.92 Å². The lowest BCUT2D eigenvalue weighted by atomic mass is 9.85. The summed E-state index contributed by atoms with van der Waals surface area (Å²) in [5.74, 6) is -1.11. The predicted molar refractivity (Wildman–Crippen MR) is 111 cm³/mol. The number of hydrogen-bond acceptors (Lipinski definition) is 5. The minimum Gasteiger partial charge on any atom is -0.369 e. The van der Waals surface area contributed by atoms with Gasteiger partial charge >= 0.3 is 17.8 Å². The van der Waals surface area contributed by atoms with E-state index in [-0.39, 0.29) is 18.6 Å². The third-order valence-electron chi connectivity index (χ3n) is 6.37. The zero-order valence-corrected chi connectivity index (χ0v) is 17.5. The van der Waals surface area contributed by atoms with Gasteiger partial charge in [-0.3, -0.25) is 19.4 Å². The SMILES string of the molecule is C[C@H]1CCCC[C@@H]1N1C(=O)C(=O)N(CN2CCN(c3cccc(Cl)c3)CC2)C1=O. The zero-order chi connectivity index (χ0) is 20.5. The van der Waals surface area contributed by atoms with E-state index in [0.717, 1.165) is 49.4 Å². The van der Waals surface area contributed by atoms with Gasteiger partial charge < -0.3 is 4.90 Å². The molecule has 3 fully saturated rings. The zero-order valence-electron chi connectivity index (χ0n) is 16.7. The van der Waals surface area contributed by atoms with Crippen molar-refractivity contribution in [3.05, 3.63) is 29.3 Å². The number of benzene rings is 1. The average Bonchev–Trinajstić information content (AvgIpc) is 2.92. The number of piperazine rings is 1. The molecule has 156 valence electrons. The van der Waals surface area contributed by atoms with Gasteiger partial charge in [-0.25, -0.2) is 9.69 Å². The number of amides is 4. The second kappa shape index (κ2) is 8.32. The number of carbonyl (C=O) groups excluding carboxylic acids is 3. The van der Waals surface area contributed by atoms with Crippen LogP contribution in [-0.2, 0) is 9.59 Å². The van der Waals surface area contributed by atoms with E-state index in [1.165, 1.54) is 4.90 Å². The maximum atomic E-state index is 12.9. The van der Waals surface area contributed by atoms with E-state index >= 15 is 0 Å². The normalized spacial score (nSPS) is 26.6. The molecule has 7 nitrogen and oxygen atoms in total. The van der Waals surface area contributed by atoms with Gasteiger partial charge in [-0.15, -0.1) is 0 Å². The Morgan fingerprint density at radius 2 is 1.72 bits per heavy atom. The molecule has 4 amide bonds. The van der Waals surface area contributed by atoms with Crippen LogP contribution in [0.15, 0.2) is 24.3 Å². The van der Waals surface area contributed by atoms with Crippen molar-refractivity contribution in [3.8, 4) is 0 Å². The molecule has 4 rings (SSSR count). The molecule has 2 aliphatic heterocycles. The summed E-state index contributed by atoms with van der Waals surface area (Å²) in [5, 5.41) is 0.703. The Hall–Kier alpha value is -2.12. The summed E-state index contributed by atoms with van der Waals surface area (Å²) in [6.07, 6.45) is 3.88. The first kappa shape index (κ1) is 20.2. The molecule has 3 aliphatic rings. The molecule has 2 saturated heterocycles. The minimum absolute atomic E-state index is 0.155. The van der Waals surface area contributed by atoms with Gasteiger partial charge in [0, 0.05) is 42.9 Å². The Kier molecular flexibility index (Phi) is 5.79. The van der Waals surface area contributed by atoms with Gasteiger partial charge in [0.05, 0.1) is 6.67 Å². The van der Waals surface area contributed by atoms with Crippen molar-refractivity contribution in [1.82, 2.24) is 14.7 Å². The van der Waals surface area contributed by atoms with Crippen LogP contribution >= 0.6 is 11.6 Å². The number of urea groups is 1. The number of imide groups is 2. The van der Waals surface area contributed by atoms with Crippen LogP contribution in [0.4, 0.5) is 10.5 Å². The average molecular weight is 419 g/mol. The number of nitrogens with zero attached hydrogens (tertiary/aromatic N) is 4. The van der Waals surface area contributed by atoms with Gasteiger partial charge in [0.15, 0.2) is 0 Å². The fraction of sp³-hybridized carbons (Fsp3) is 0.571. The van der Waals surface area contributed by atoms with Crippen molar-refractivity contribution < 1.29 is 14.4 Å². The number of rotatable bonds is 4. The lowest BCUT2D eigenvalue weighted by Gasteiger charge is -2.37. The van der Waals surface area contributed by atoms with Gasteiger partial charge in [-0.05, 0) is 37.0 Å². The molecular weight excluding hydrogens is 392 g/mol. The number of hydrogen-bond donors (Lipinski definition) is 0. The summed E-state index contributed by atoms with van der Waals surface area (Å²) in [4.78, 5) is 44.7. The smallest absolute Gasteiger partial charge is 0.335 e. The molecule has 0 radical (unpaired) electrons. The van der Waals surface area contributed by atoms with Crippen LogP contribution in [0.1, 0.15) is 32.6 Å². The Bertz CT molecular complexity index is 809. The van der Waals surface area contributed by atoms with Crippen LogP contribution < -0.4 is 4.90 Å². The fourth-order valence-corrected chi connectivity index (χ4v) is 4.82. The first-order valence-corrected chi connectivity index (χ1v) is 10.8. The molecule has 0 spiro atoms. The number of carbonyl (C=O) groups is 3. The molecule has 1 aliphatic carbocycles. The Morgan fingerprint density at radius 1 is 1.00 bits per heavy atom. The van der Waals surface area contributed by atoms with E-state index in [2.05, 4.69) is 16.7 Å². The van der Waals surface area contributed by atoms with Gasteiger partial charge in [0.2, 0.25) is 0 Å². The van der Waals surface area contributed by atoms with E-state index in [1.54, 1.807) is 0 Å². The van der Waals surface area contributed by atoms with Crippen LogP contribution in [0, 0.1) is 5.92 Å². The van der Waals surface area contributed by atoms with Crippen molar-refractivity contribution in [2.45, 2.75) is 38.6 Å². The van der Waals surface area contributed by atoms with Crippen molar-refractivity contribution >= 4 is 35.1 Å². The van der Waals surface area contributed by atoms with Crippen LogP contribution in [0.5, 0.6) is 0 Å². The Labute approximate surface area is 176 Å². The van der Waals surface area contributed by atoms with Crippen molar-refractivity contribution in [2.75, 3.05) is 37.7 Å². The maximum absolute atomic E-state index is 12.9. The van der Waals surface area contributed by atoms with Gasteiger partial charge in [0.1, 0.15) is 0 Å². The van der Waals surface area contributed by atoms with E-state index < -0.39 is 17.8 Å². The van der Waals surface area contributed by atoms with Crippen LogP contribution in [0.25, 0.3) is 0 Å². The molecule has 29 heavy (non-hydrogen) atoms. The highest BCUT2D eigenvalue weighted by Crippen LogP contribution is 2.31. The largest absolute Gasteiger partial charge is 0.369 e. The molecule has 2 atom stereocenters. The molecule has 2 heterocycles. The molecule has 8 heteroatoms. The topological polar surface area (TPSA) is 64.2 Å². The first-order chi connectivity index (χ1) is 14.0. The second-order valence-corrected chi connectivity index (χ2v) is 8.68. The lowest BCUT2D eigenvalue weighted by molar-refractivity contribution is -0.145. The second-order valence-electron chi connectivity index (χ2n) is 8.25. The fourth-order valence-electron chi connectivity index (χ4n) is 4.64. The number of anilines is 1. The van der Waals surface area contributed by atoms with Gasteiger partial charge in [-0.2, -0.15) is 0 Å². The van der Waals surface area contributed by atoms with E-state index in [0.29, 0.717) is 18.1 Å². The molecule has 1 aromatic carbocycles. The van der Waals surface area contributed by atoms with Crippen LogP contribution in [0.3, 0.4) is 0 Å². The lowest BCUT2D eigenvalue weighted by Crippen LogP contribution is -2.52. The van der Waals surface area contributed by atoms with E-state index in [1.807, 2.05) is 24.3 Å². The maximum Gasteiger partial charge on any atom is 0.335 e. The summed E-state index contributed by atoms with van der Waals surface area (Å²) in [7, 11) is 0. The quantitative estimate of drug-likeness (QED) is 0.555. The standard InChI is InChI=1S/C21H27ClN4O3/c1-15-5-2-3-8-18(15)26-20(28)19(27)25(21(26)29)14-23-9-11-24(12-10-23)17-7-4-6-16(22)13-17/h4,6-7,13,15,18H,2-3,5,8-12,14H2,1H3/t15-,18-/m0/s1. The number of halogens is 1. The summed E-state index contributed by atoms with van der Waals surface area (Å²) < 4.78 is 0. The molecule has 1 saturated carbocycles. The molecule has 0 unspecified atom stereocenters. The molecular formula is C21H27ClN4O3. The van der Waals surface area contributed by atoms with Crippen LogP contribution in [0.2, 0.25) is 5.02 Å².